The van der Waals surface area contributed by atoms with Crippen molar-refractivity contribution in [3.8, 4) is 17.2 Å². The van der Waals surface area contributed by atoms with Crippen LogP contribution in [0.15, 0.2) is 47.6 Å². The number of thioether (sulfide) groups is 1. The van der Waals surface area contributed by atoms with E-state index in [1.807, 2.05) is 48.4 Å². The Hall–Kier alpha value is -1.79. The Bertz CT molecular complexity index is 595. The molecule has 1 aliphatic rings. The lowest BCUT2D eigenvalue weighted by Crippen LogP contribution is -1.86. The zero-order chi connectivity index (χ0) is 12.4. The fraction of sp³-hybridized carbons (Fsp3) is 0.200. The van der Waals surface area contributed by atoms with Gasteiger partial charge in [0, 0.05) is 28.1 Å². The number of hydrogen-bond acceptors (Lipinski definition) is 3. The van der Waals surface area contributed by atoms with Crippen molar-refractivity contribution in [3.05, 3.63) is 48.3 Å². The van der Waals surface area contributed by atoms with Crippen molar-refractivity contribution in [1.82, 2.24) is 4.98 Å². The lowest BCUT2D eigenvalue weighted by molar-refractivity contribution is 1.26. The van der Waals surface area contributed by atoms with Crippen molar-refractivity contribution in [1.29, 1.82) is 5.26 Å². The van der Waals surface area contributed by atoms with E-state index in [0.29, 0.717) is 5.56 Å². The monoisotopic (exact) mass is 252 g/mol. The molecule has 3 rings (SSSR count). The van der Waals surface area contributed by atoms with Crippen LogP contribution >= 0.6 is 11.8 Å². The first-order valence-corrected chi connectivity index (χ1v) is 6.86. The van der Waals surface area contributed by atoms with Gasteiger partial charge >= 0.3 is 0 Å². The van der Waals surface area contributed by atoms with Gasteiger partial charge in [-0.05, 0) is 36.6 Å². The van der Waals surface area contributed by atoms with E-state index in [1.54, 1.807) is 0 Å². The van der Waals surface area contributed by atoms with Gasteiger partial charge in [-0.25, -0.2) is 0 Å². The molecule has 1 aromatic carbocycles. The standard InChI is InChI=1S/C15H12N2S/c16-9-11-1-3-12(4-2-11)14-10-17-8-7-15(14)18-13-5-6-13/h1-4,7-8,10,13H,5-6H2. The Balaban J connectivity index is 1.96. The minimum atomic E-state index is 0.694. The van der Waals surface area contributed by atoms with Gasteiger partial charge in [-0.15, -0.1) is 11.8 Å². The molecule has 0 bridgehead atoms. The van der Waals surface area contributed by atoms with Crippen LogP contribution in [0.3, 0.4) is 0 Å². The fourth-order valence-corrected chi connectivity index (χ4v) is 2.96. The summed E-state index contributed by atoms with van der Waals surface area (Å²) in [5.41, 5.74) is 2.99. The highest BCUT2D eigenvalue weighted by atomic mass is 32.2. The first kappa shape index (κ1) is 11.3. The van der Waals surface area contributed by atoms with E-state index in [1.165, 1.54) is 23.3 Å². The van der Waals surface area contributed by atoms with Crippen LogP contribution in [0.1, 0.15) is 18.4 Å². The van der Waals surface area contributed by atoms with E-state index >= 15 is 0 Å². The molecule has 1 aromatic heterocycles. The largest absolute Gasteiger partial charge is 0.264 e. The molecule has 1 fully saturated rings. The van der Waals surface area contributed by atoms with E-state index in [9.17, 15) is 0 Å². The number of hydrogen-bond donors (Lipinski definition) is 0. The van der Waals surface area contributed by atoms with Crippen molar-refractivity contribution >= 4 is 11.8 Å². The molecule has 1 aliphatic carbocycles. The van der Waals surface area contributed by atoms with Crippen LogP contribution in [0.2, 0.25) is 0 Å². The number of nitrogens with zero attached hydrogens (tertiary/aromatic N) is 2. The second-order valence-corrected chi connectivity index (χ2v) is 5.72. The summed E-state index contributed by atoms with van der Waals surface area (Å²) in [6.45, 7) is 0. The van der Waals surface area contributed by atoms with E-state index in [-0.39, 0.29) is 0 Å². The Labute approximate surface area is 111 Å². The lowest BCUT2D eigenvalue weighted by atomic mass is 10.1. The zero-order valence-electron chi connectivity index (χ0n) is 9.84. The van der Waals surface area contributed by atoms with Gasteiger partial charge in [0.1, 0.15) is 0 Å². The summed E-state index contributed by atoms with van der Waals surface area (Å²) < 4.78 is 0. The minimum absolute atomic E-state index is 0.694. The molecule has 0 saturated heterocycles. The highest BCUT2D eigenvalue weighted by Gasteiger charge is 2.23. The van der Waals surface area contributed by atoms with E-state index in [4.69, 9.17) is 5.26 Å². The SMILES string of the molecule is N#Cc1ccc(-c2cnccc2SC2CC2)cc1. The molecule has 2 aromatic rings. The summed E-state index contributed by atoms with van der Waals surface area (Å²) in [4.78, 5) is 5.50. The van der Waals surface area contributed by atoms with Gasteiger partial charge in [0.15, 0.2) is 0 Å². The van der Waals surface area contributed by atoms with Gasteiger partial charge in [0.2, 0.25) is 0 Å². The Kier molecular flexibility index (Phi) is 3.04. The molecule has 88 valence electrons. The highest BCUT2D eigenvalue weighted by Crippen LogP contribution is 2.42. The number of rotatable bonds is 3. The Morgan fingerprint density at radius 3 is 2.61 bits per heavy atom. The molecule has 0 N–H and O–H groups in total. The smallest absolute Gasteiger partial charge is 0.0991 e. The number of nitriles is 1. The van der Waals surface area contributed by atoms with Crippen molar-refractivity contribution in [2.45, 2.75) is 23.0 Å². The topological polar surface area (TPSA) is 36.7 Å². The molecule has 0 atom stereocenters. The summed E-state index contributed by atoms with van der Waals surface area (Å²) >= 11 is 1.94. The van der Waals surface area contributed by atoms with E-state index < -0.39 is 0 Å². The molecule has 2 nitrogen and oxygen atoms in total. The molecule has 0 radical (unpaired) electrons. The first-order valence-electron chi connectivity index (χ1n) is 5.98. The first-order chi connectivity index (χ1) is 8.86. The second-order valence-electron chi connectivity index (χ2n) is 4.38. The van der Waals surface area contributed by atoms with Gasteiger partial charge in [-0.3, -0.25) is 4.98 Å². The third kappa shape index (κ3) is 2.39. The van der Waals surface area contributed by atoms with Crippen LogP contribution in [0.5, 0.6) is 0 Å². The van der Waals surface area contributed by atoms with Crippen LogP contribution in [0.25, 0.3) is 11.1 Å². The number of benzene rings is 1. The normalized spacial score (nSPS) is 14.2. The van der Waals surface area contributed by atoms with Gasteiger partial charge in [0.25, 0.3) is 0 Å². The maximum Gasteiger partial charge on any atom is 0.0991 e. The van der Waals surface area contributed by atoms with Gasteiger partial charge in [-0.1, -0.05) is 12.1 Å². The zero-order valence-corrected chi connectivity index (χ0v) is 10.7. The Morgan fingerprint density at radius 2 is 1.94 bits per heavy atom. The van der Waals surface area contributed by atoms with Gasteiger partial charge in [-0.2, -0.15) is 5.26 Å². The van der Waals surface area contributed by atoms with Crippen molar-refractivity contribution in [3.63, 3.8) is 0 Å². The highest BCUT2D eigenvalue weighted by molar-refractivity contribution is 8.00. The van der Waals surface area contributed by atoms with Crippen LogP contribution < -0.4 is 0 Å². The molecular weight excluding hydrogens is 240 g/mol. The molecular formula is C15H12N2S. The summed E-state index contributed by atoms with van der Waals surface area (Å²) in [6.07, 6.45) is 6.39. The molecule has 18 heavy (non-hydrogen) atoms. The minimum Gasteiger partial charge on any atom is -0.264 e. The molecule has 0 unspecified atom stereocenters. The van der Waals surface area contributed by atoms with Crippen molar-refractivity contribution in [2.24, 2.45) is 0 Å². The fourth-order valence-electron chi connectivity index (χ4n) is 1.79. The molecule has 3 heteroatoms. The molecule has 0 spiro atoms. The maximum atomic E-state index is 8.81. The summed E-state index contributed by atoms with van der Waals surface area (Å²) in [5.74, 6) is 0. The number of pyridine rings is 1. The van der Waals surface area contributed by atoms with Crippen molar-refractivity contribution < 1.29 is 0 Å². The average Bonchev–Trinajstić information content (AvgIpc) is 3.24. The summed E-state index contributed by atoms with van der Waals surface area (Å²) in [6, 6.07) is 11.9. The maximum absolute atomic E-state index is 8.81. The van der Waals surface area contributed by atoms with Gasteiger partial charge < -0.3 is 0 Å². The predicted molar refractivity (Wildman–Crippen MR) is 73.3 cm³/mol. The van der Waals surface area contributed by atoms with Crippen LogP contribution in [0.4, 0.5) is 0 Å². The van der Waals surface area contributed by atoms with E-state index in [2.05, 4.69) is 17.1 Å². The molecule has 1 heterocycles. The van der Waals surface area contributed by atoms with Crippen molar-refractivity contribution in [2.75, 3.05) is 0 Å². The summed E-state index contributed by atoms with van der Waals surface area (Å²) in [5, 5.41) is 9.60. The molecule has 0 aliphatic heterocycles. The average molecular weight is 252 g/mol. The Morgan fingerprint density at radius 1 is 1.17 bits per heavy atom. The third-order valence-electron chi connectivity index (χ3n) is 2.92. The van der Waals surface area contributed by atoms with Crippen LogP contribution in [-0.4, -0.2) is 10.2 Å². The summed E-state index contributed by atoms with van der Waals surface area (Å²) in [7, 11) is 0. The molecule has 0 amide bonds. The molecule has 1 saturated carbocycles. The van der Waals surface area contributed by atoms with Crippen LogP contribution in [-0.2, 0) is 0 Å². The van der Waals surface area contributed by atoms with Crippen LogP contribution in [0, 0.1) is 11.3 Å². The lowest BCUT2D eigenvalue weighted by Gasteiger charge is -2.08. The predicted octanol–water partition coefficient (Wildman–Crippen LogP) is 3.87. The second kappa shape index (κ2) is 4.83. The van der Waals surface area contributed by atoms with Gasteiger partial charge in [0.05, 0.1) is 11.6 Å². The third-order valence-corrected chi connectivity index (χ3v) is 4.34. The quantitative estimate of drug-likeness (QED) is 0.832. The number of aromatic nitrogens is 1. The van der Waals surface area contributed by atoms with E-state index in [0.717, 1.165) is 10.8 Å².